The van der Waals surface area contributed by atoms with Crippen LogP contribution >= 0.6 is 0 Å². The Balaban J connectivity index is 0.000000659. The Labute approximate surface area is 109 Å². The van der Waals surface area contributed by atoms with Crippen molar-refractivity contribution < 1.29 is 4.39 Å². The van der Waals surface area contributed by atoms with Crippen molar-refractivity contribution in [2.75, 3.05) is 0 Å². The Hall–Kier alpha value is -1.64. The second kappa shape index (κ2) is 8.45. The fourth-order valence-electron chi connectivity index (χ4n) is 1.63. The molecule has 0 saturated carbocycles. The Kier molecular flexibility index (Phi) is 7.68. The van der Waals surface area contributed by atoms with Gasteiger partial charge in [0.25, 0.3) is 0 Å². The van der Waals surface area contributed by atoms with Gasteiger partial charge in [0.05, 0.1) is 5.69 Å². The molecule has 2 aromatic rings. The topological polar surface area (TPSA) is 17.3 Å². The van der Waals surface area contributed by atoms with E-state index in [1.807, 2.05) is 44.5 Å². The van der Waals surface area contributed by atoms with E-state index in [-0.39, 0.29) is 5.82 Å². The van der Waals surface area contributed by atoms with Crippen LogP contribution in [0.5, 0.6) is 0 Å². The van der Waals surface area contributed by atoms with Crippen LogP contribution < -0.4 is 0 Å². The lowest BCUT2D eigenvalue weighted by atomic mass is 10.1. The molecule has 0 radical (unpaired) electrons. The molecule has 0 fully saturated rings. The minimum Gasteiger partial charge on any atom is -0.306 e. The van der Waals surface area contributed by atoms with Gasteiger partial charge in [0.1, 0.15) is 11.5 Å². The number of halogens is 1. The number of hydrogen-bond donors (Lipinski definition) is 0. The van der Waals surface area contributed by atoms with Gasteiger partial charge in [0.15, 0.2) is 0 Å². The van der Waals surface area contributed by atoms with Crippen LogP contribution in [0, 0.1) is 12.7 Å². The smallest absolute Gasteiger partial charge is 0.139 e. The largest absolute Gasteiger partial charge is 0.306 e. The van der Waals surface area contributed by atoms with Gasteiger partial charge < -0.3 is 4.40 Å². The predicted molar refractivity (Wildman–Crippen MR) is 76.5 cm³/mol. The van der Waals surface area contributed by atoms with Crippen LogP contribution in [0.4, 0.5) is 4.39 Å². The zero-order valence-corrected chi connectivity index (χ0v) is 11.8. The van der Waals surface area contributed by atoms with Crippen molar-refractivity contribution in [2.24, 2.45) is 0 Å². The monoisotopic (exact) mass is 250 g/mol. The number of fused-ring (bicyclic) bond motifs is 1. The lowest BCUT2D eigenvalue weighted by Gasteiger charge is -2.01. The SMILES string of the molecule is C=C.CC.CCCc1cn2cc(C)nc2cc1F. The van der Waals surface area contributed by atoms with E-state index in [9.17, 15) is 4.39 Å². The molecule has 3 heteroatoms. The third-order valence-corrected chi connectivity index (χ3v) is 2.26. The van der Waals surface area contributed by atoms with Crippen molar-refractivity contribution in [3.8, 4) is 0 Å². The van der Waals surface area contributed by atoms with E-state index in [1.54, 1.807) is 0 Å². The average Bonchev–Trinajstić information content (AvgIpc) is 2.74. The van der Waals surface area contributed by atoms with E-state index in [1.165, 1.54) is 6.07 Å². The molecule has 2 heterocycles. The summed E-state index contributed by atoms with van der Waals surface area (Å²) in [5, 5.41) is 0. The number of pyridine rings is 1. The van der Waals surface area contributed by atoms with Crippen LogP contribution in [-0.4, -0.2) is 9.38 Å². The highest BCUT2D eigenvalue weighted by atomic mass is 19.1. The lowest BCUT2D eigenvalue weighted by molar-refractivity contribution is 0.605. The number of rotatable bonds is 2. The van der Waals surface area contributed by atoms with Crippen LogP contribution in [0.1, 0.15) is 38.4 Å². The summed E-state index contributed by atoms with van der Waals surface area (Å²) in [6.45, 7) is 14.0. The van der Waals surface area contributed by atoms with Gasteiger partial charge in [-0.25, -0.2) is 9.37 Å². The molecule has 0 aliphatic heterocycles. The maximum atomic E-state index is 13.5. The van der Waals surface area contributed by atoms with Crippen molar-refractivity contribution >= 4 is 5.65 Å². The van der Waals surface area contributed by atoms with Crippen molar-refractivity contribution in [1.29, 1.82) is 0 Å². The van der Waals surface area contributed by atoms with E-state index >= 15 is 0 Å². The number of imidazole rings is 1. The highest BCUT2D eigenvalue weighted by Gasteiger charge is 2.05. The molecule has 0 aliphatic carbocycles. The number of aromatic nitrogens is 2. The highest BCUT2D eigenvalue weighted by molar-refractivity contribution is 5.42. The summed E-state index contributed by atoms with van der Waals surface area (Å²) in [5.74, 6) is -0.148. The molecule has 0 unspecified atom stereocenters. The standard InChI is InChI=1S/C11H13FN2.C2H6.C2H4/c1-3-4-9-7-14-6-8(2)13-11(14)5-10(9)12;2*1-2/h5-7H,3-4H2,1-2H3;1-2H3;1-2H2. The van der Waals surface area contributed by atoms with Crippen molar-refractivity contribution in [3.05, 3.63) is 48.7 Å². The molecule has 2 rings (SSSR count). The van der Waals surface area contributed by atoms with Gasteiger partial charge in [-0.2, -0.15) is 0 Å². The summed E-state index contributed by atoms with van der Waals surface area (Å²) in [4.78, 5) is 4.20. The predicted octanol–water partition coefficient (Wildman–Crippen LogP) is 4.56. The van der Waals surface area contributed by atoms with Gasteiger partial charge >= 0.3 is 0 Å². The first-order valence-corrected chi connectivity index (χ1v) is 6.34. The van der Waals surface area contributed by atoms with Gasteiger partial charge in [0.2, 0.25) is 0 Å². The van der Waals surface area contributed by atoms with E-state index in [0.29, 0.717) is 5.65 Å². The quantitative estimate of drug-likeness (QED) is 0.714. The molecule has 0 atom stereocenters. The molecule has 0 amide bonds. The van der Waals surface area contributed by atoms with E-state index in [2.05, 4.69) is 18.1 Å². The van der Waals surface area contributed by atoms with Gasteiger partial charge in [-0.3, -0.25) is 0 Å². The minimum absolute atomic E-state index is 0.148. The second-order valence-electron chi connectivity index (χ2n) is 3.54. The zero-order chi connectivity index (χ0) is 14.1. The summed E-state index contributed by atoms with van der Waals surface area (Å²) in [7, 11) is 0. The second-order valence-corrected chi connectivity index (χ2v) is 3.54. The van der Waals surface area contributed by atoms with Crippen LogP contribution in [-0.2, 0) is 6.42 Å². The van der Waals surface area contributed by atoms with E-state index in [0.717, 1.165) is 24.1 Å². The molecular weight excluding hydrogens is 227 g/mol. The molecule has 0 aromatic carbocycles. The fraction of sp³-hybridized carbons (Fsp3) is 0.400. The summed E-state index contributed by atoms with van der Waals surface area (Å²) < 4.78 is 15.3. The molecule has 2 nitrogen and oxygen atoms in total. The van der Waals surface area contributed by atoms with Crippen LogP contribution in [0.2, 0.25) is 0 Å². The normalized spacial score (nSPS) is 9.17. The third kappa shape index (κ3) is 3.99. The number of hydrogen-bond acceptors (Lipinski definition) is 1. The third-order valence-electron chi connectivity index (χ3n) is 2.26. The molecule has 0 aliphatic rings. The molecular formula is C15H23FN2. The molecule has 0 bridgehead atoms. The van der Waals surface area contributed by atoms with E-state index in [4.69, 9.17) is 0 Å². The maximum Gasteiger partial charge on any atom is 0.139 e. The summed E-state index contributed by atoms with van der Waals surface area (Å²) in [6.07, 6.45) is 5.47. The number of nitrogens with zero attached hydrogens (tertiary/aromatic N) is 2. The Morgan fingerprint density at radius 3 is 2.44 bits per heavy atom. The highest BCUT2D eigenvalue weighted by Crippen LogP contribution is 2.13. The lowest BCUT2D eigenvalue weighted by Crippen LogP contribution is -1.94. The fourth-order valence-corrected chi connectivity index (χ4v) is 1.63. The molecule has 0 saturated heterocycles. The van der Waals surface area contributed by atoms with Gasteiger partial charge in [-0.1, -0.05) is 27.2 Å². The first-order valence-electron chi connectivity index (χ1n) is 6.34. The van der Waals surface area contributed by atoms with Crippen LogP contribution in [0.25, 0.3) is 5.65 Å². The Bertz CT molecular complexity index is 475. The average molecular weight is 250 g/mol. The molecule has 18 heavy (non-hydrogen) atoms. The molecule has 0 N–H and O–H groups in total. The van der Waals surface area contributed by atoms with Crippen molar-refractivity contribution in [3.63, 3.8) is 0 Å². The minimum atomic E-state index is -0.148. The van der Waals surface area contributed by atoms with Gasteiger partial charge in [-0.15, -0.1) is 13.2 Å². The van der Waals surface area contributed by atoms with Crippen molar-refractivity contribution in [2.45, 2.75) is 40.5 Å². The molecule has 100 valence electrons. The summed E-state index contributed by atoms with van der Waals surface area (Å²) in [6, 6.07) is 1.50. The Morgan fingerprint density at radius 1 is 1.28 bits per heavy atom. The molecule has 0 spiro atoms. The number of aryl methyl sites for hydroxylation is 2. The van der Waals surface area contributed by atoms with Gasteiger partial charge in [0, 0.05) is 24.0 Å². The first-order chi connectivity index (χ1) is 8.70. The van der Waals surface area contributed by atoms with E-state index < -0.39 is 0 Å². The molecule has 2 aromatic heterocycles. The summed E-state index contributed by atoms with van der Waals surface area (Å²) >= 11 is 0. The summed E-state index contributed by atoms with van der Waals surface area (Å²) in [5.41, 5.74) is 2.36. The maximum absolute atomic E-state index is 13.5. The van der Waals surface area contributed by atoms with Crippen molar-refractivity contribution in [1.82, 2.24) is 9.38 Å². The zero-order valence-electron chi connectivity index (χ0n) is 11.8. The van der Waals surface area contributed by atoms with Crippen LogP contribution in [0.3, 0.4) is 0 Å². The Morgan fingerprint density at radius 2 is 1.89 bits per heavy atom. The first kappa shape index (κ1) is 16.4. The van der Waals surface area contributed by atoms with Crippen LogP contribution in [0.15, 0.2) is 31.6 Å². The van der Waals surface area contributed by atoms with Gasteiger partial charge in [-0.05, 0) is 13.3 Å².